The average Bonchev–Trinajstić information content (AvgIpc) is 2.01. The van der Waals surface area contributed by atoms with Crippen LogP contribution in [0.5, 0.6) is 0 Å². The van der Waals surface area contributed by atoms with E-state index in [2.05, 4.69) is 37.4 Å². The summed E-state index contributed by atoms with van der Waals surface area (Å²) in [6, 6.07) is 0.583. The van der Waals surface area contributed by atoms with Crippen LogP contribution in [-0.4, -0.2) is 6.04 Å². The average molecular weight is 151 g/mol. The van der Waals surface area contributed by atoms with Crippen LogP contribution in [0.25, 0.3) is 0 Å². The van der Waals surface area contributed by atoms with Gasteiger partial charge >= 0.3 is 0 Å². The third-order valence-electron chi connectivity index (χ3n) is 1.97. The van der Waals surface area contributed by atoms with Gasteiger partial charge in [-0.1, -0.05) is 31.9 Å². The van der Waals surface area contributed by atoms with E-state index in [9.17, 15) is 0 Å². The van der Waals surface area contributed by atoms with Crippen LogP contribution in [0.3, 0.4) is 0 Å². The molecule has 0 bridgehead atoms. The van der Waals surface area contributed by atoms with Crippen molar-refractivity contribution in [2.24, 2.45) is 0 Å². The molecule has 0 saturated heterocycles. The summed E-state index contributed by atoms with van der Waals surface area (Å²) in [5.74, 6) is 0. The van der Waals surface area contributed by atoms with Crippen LogP contribution in [0.4, 0.5) is 0 Å². The number of unbranched alkanes of at least 4 members (excludes halogenated alkanes) is 1. The highest BCUT2D eigenvalue weighted by molar-refractivity contribution is 5.18. The highest BCUT2D eigenvalue weighted by atomic mass is 14.9. The molecule has 0 radical (unpaired) electrons. The van der Waals surface area contributed by atoms with Crippen molar-refractivity contribution in [1.29, 1.82) is 0 Å². The van der Waals surface area contributed by atoms with Gasteiger partial charge in [0.1, 0.15) is 0 Å². The van der Waals surface area contributed by atoms with Gasteiger partial charge in [-0.25, -0.2) is 0 Å². The molecule has 1 atom stereocenters. The maximum absolute atomic E-state index is 3.43. The molecule has 1 heterocycles. The van der Waals surface area contributed by atoms with Gasteiger partial charge in [0.2, 0.25) is 0 Å². The Morgan fingerprint density at radius 2 is 2.36 bits per heavy atom. The Balaban J connectivity index is 2.28. The quantitative estimate of drug-likeness (QED) is 0.653. The lowest BCUT2D eigenvalue weighted by atomic mass is 10.1. The first kappa shape index (κ1) is 8.38. The Labute approximate surface area is 69.2 Å². The lowest BCUT2D eigenvalue weighted by Crippen LogP contribution is -2.27. The predicted molar refractivity (Wildman–Crippen MR) is 49.3 cm³/mol. The second-order valence-electron chi connectivity index (χ2n) is 3.13. The van der Waals surface area contributed by atoms with E-state index < -0.39 is 0 Å². The second-order valence-corrected chi connectivity index (χ2v) is 3.13. The molecule has 0 spiro atoms. The molecule has 62 valence electrons. The number of rotatable bonds is 3. The summed E-state index contributed by atoms with van der Waals surface area (Å²) in [5, 5.41) is 3.43. The summed E-state index contributed by atoms with van der Waals surface area (Å²) in [6.45, 7) is 4.34. The predicted octanol–water partition coefficient (Wildman–Crippen LogP) is 2.61. The van der Waals surface area contributed by atoms with Crippen molar-refractivity contribution in [2.45, 2.75) is 39.2 Å². The van der Waals surface area contributed by atoms with E-state index in [0.29, 0.717) is 6.04 Å². The van der Waals surface area contributed by atoms with Crippen molar-refractivity contribution in [3.05, 3.63) is 23.9 Å². The van der Waals surface area contributed by atoms with E-state index in [-0.39, 0.29) is 0 Å². The highest BCUT2D eigenvalue weighted by Gasteiger charge is 2.04. The van der Waals surface area contributed by atoms with E-state index in [4.69, 9.17) is 0 Å². The zero-order valence-electron chi connectivity index (χ0n) is 7.43. The molecule has 0 fully saturated rings. The van der Waals surface area contributed by atoms with Crippen LogP contribution in [-0.2, 0) is 0 Å². The lowest BCUT2D eigenvalue weighted by Gasteiger charge is -2.18. The largest absolute Gasteiger partial charge is 0.382 e. The van der Waals surface area contributed by atoms with Crippen LogP contribution >= 0.6 is 0 Å². The van der Waals surface area contributed by atoms with Gasteiger partial charge in [0.15, 0.2) is 0 Å². The Morgan fingerprint density at radius 1 is 1.55 bits per heavy atom. The SMILES string of the molecule is CCCC[C@H]1C=CC=C(C)N1. The van der Waals surface area contributed by atoms with Crippen molar-refractivity contribution in [3.63, 3.8) is 0 Å². The van der Waals surface area contributed by atoms with Crippen LogP contribution in [0.2, 0.25) is 0 Å². The van der Waals surface area contributed by atoms with Gasteiger partial charge in [0.25, 0.3) is 0 Å². The lowest BCUT2D eigenvalue weighted by molar-refractivity contribution is 0.576. The van der Waals surface area contributed by atoms with Gasteiger partial charge in [-0.2, -0.15) is 0 Å². The molecule has 0 amide bonds. The molecule has 1 aliphatic rings. The number of allylic oxidation sites excluding steroid dienone is 3. The number of hydrogen-bond donors (Lipinski definition) is 1. The fourth-order valence-corrected chi connectivity index (χ4v) is 1.32. The summed E-state index contributed by atoms with van der Waals surface area (Å²) in [4.78, 5) is 0. The molecular formula is C10H17N. The molecule has 1 nitrogen and oxygen atoms in total. The molecule has 1 heteroatoms. The first-order valence-corrected chi connectivity index (χ1v) is 4.44. The van der Waals surface area contributed by atoms with Crippen molar-refractivity contribution < 1.29 is 0 Å². The zero-order valence-corrected chi connectivity index (χ0v) is 7.43. The van der Waals surface area contributed by atoms with Crippen LogP contribution in [0, 0.1) is 0 Å². The Kier molecular flexibility index (Phi) is 3.21. The smallest absolute Gasteiger partial charge is 0.0444 e. The Bertz CT molecular complexity index is 168. The van der Waals surface area contributed by atoms with E-state index >= 15 is 0 Å². The first-order chi connectivity index (χ1) is 5.33. The number of nitrogens with one attached hydrogen (secondary N) is 1. The van der Waals surface area contributed by atoms with Crippen molar-refractivity contribution in [3.8, 4) is 0 Å². The topological polar surface area (TPSA) is 12.0 Å². The summed E-state index contributed by atoms with van der Waals surface area (Å²) < 4.78 is 0. The molecule has 1 aliphatic heterocycles. The maximum Gasteiger partial charge on any atom is 0.0444 e. The molecule has 11 heavy (non-hydrogen) atoms. The Hall–Kier alpha value is -0.720. The fraction of sp³-hybridized carbons (Fsp3) is 0.600. The molecule has 0 saturated carbocycles. The summed E-state index contributed by atoms with van der Waals surface area (Å²) in [7, 11) is 0. The van der Waals surface area contributed by atoms with Gasteiger partial charge in [0.05, 0.1) is 0 Å². The molecule has 0 aromatic rings. The minimum absolute atomic E-state index is 0.583. The van der Waals surface area contributed by atoms with Crippen LogP contribution < -0.4 is 5.32 Å². The second kappa shape index (κ2) is 4.22. The van der Waals surface area contributed by atoms with Gasteiger partial charge in [-0.15, -0.1) is 0 Å². The summed E-state index contributed by atoms with van der Waals surface area (Å²) in [5.41, 5.74) is 1.29. The summed E-state index contributed by atoms with van der Waals surface area (Å²) in [6.07, 6.45) is 10.4. The highest BCUT2D eigenvalue weighted by Crippen LogP contribution is 2.07. The van der Waals surface area contributed by atoms with Crippen molar-refractivity contribution in [1.82, 2.24) is 5.32 Å². The standard InChI is InChI=1S/C10H17N/c1-3-4-7-10-8-5-6-9(2)11-10/h5-6,8,10-11H,3-4,7H2,1-2H3/t10-/m0/s1. The maximum atomic E-state index is 3.43. The molecule has 0 unspecified atom stereocenters. The molecule has 1 rings (SSSR count). The van der Waals surface area contributed by atoms with E-state index in [1.165, 1.54) is 25.0 Å². The normalized spacial score (nSPS) is 22.7. The van der Waals surface area contributed by atoms with Crippen molar-refractivity contribution in [2.75, 3.05) is 0 Å². The van der Waals surface area contributed by atoms with Gasteiger partial charge < -0.3 is 5.32 Å². The molecule has 1 N–H and O–H groups in total. The third-order valence-corrected chi connectivity index (χ3v) is 1.97. The zero-order chi connectivity index (χ0) is 8.10. The Morgan fingerprint density at radius 3 is 3.00 bits per heavy atom. The van der Waals surface area contributed by atoms with Crippen molar-refractivity contribution >= 4 is 0 Å². The summed E-state index contributed by atoms with van der Waals surface area (Å²) >= 11 is 0. The molecule has 0 aromatic carbocycles. The van der Waals surface area contributed by atoms with Gasteiger partial charge in [-0.05, 0) is 19.4 Å². The van der Waals surface area contributed by atoms with Gasteiger partial charge in [-0.3, -0.25) is 0 Å². The third kappa shape index (κ3) is 2.79. The molecule has 0 aliphatic carbocycles. The number of dihydropyridines is 1. The molecule has 0 aromatic heterocycles. The van der Waals surface area contributed by atoms with Gasteiger partial charge in [0, 0.05) is 11.7 Å². The van der Waals surface area contributed by atoms with E-state index in [1.54, 1.807) is 0 Å². The van der Waals surface area contributed by atoms with Crippen LogP contribution in [0.1, 0.15) is 33.1 Å². The van der Waals surface area contributed by atoms with E-state index in [1.807, 2.05) is 0 Å². The minimum Gasteiger partial charge on any atom is -0.382 e. The van der Waals surface area contributed by atoms with E-state index in [0.717, 1.165) is 0 Å². The van der Waals surface area contributed by atoms with Crippen LogP contribution in [0.15, 0.2) is 23.9 Å². The first-order valence-electron chi connectivity index (χ1n) is 4.44. The monoisotopic (exact) mass is 151 g/mol. The fourth-order valence-electron chi connectivity index (χ4n) is 1.32. The minimum atomic E-state index is 0.583. The molecular weight excluding hydrogens is 134 g/mol. The number of hydrogen-bond acceptors (Lipinski definition) is 1.